The molecule has 0 fully saturated rings. The SMILES string of the molecule is Cc1cc(SC(C)c2nc(N)nc(N(C)C)n2)nc2ccccc12. The van der Waals surface area contributed by atoms with Crippen molar-refractivity contribution in [3.8, 4) is 0 Å². The van der Waals surface area contributed by atoms with Gasteiger partial charge in [-0.25, -0.2) is 4.98 Å². The molecule has 7 heteroatoms. The van der Waals surface area contributed by atoms with E-state index in [1.54, 1.807) is 11.8 Å². The van der Waals surface area contributed by atoms with Crippen LogP contribution in [0.1, 0.15) is 23.6 Å². The zero-order chi connectivity index (χ0) is 17.3. The fraction of sp³-hybridized carbons (Fsp3) is 0.294. The average molecular weight is 340 g/mol. The van der Waals surface area contributed by atoms with Crippen molar-refractivity contribution < 1.29 is 0 Å². The smallest absolute Gasteiger partial charge is 0.229 e. The van der Waals surface area contributed by atoms with Crippen LogP contribution in [0.3, 0.4) is 0 Å². The Balaban J connectivity index is 1.91. The first-order valence-corrected chi connectivity index (χ1v) is 8.54. The fourth-order valence-corrected chi connectivity index (χ4v) is 3.36. The van der Waals surface area contributed by atoms with Gasteiger partial charge in [-0.1, -0.05) is 30.0 Å². The van der Waals surface area contributed by atoms with E-state index < -0.39 is 0 Å². The minimum Gasteiger partial charge on any atom is -0.368 e. The number of hydrogen-bond acceptors (Lipinski definition) is 7. The number of nitrogens with two attached hydrogens (primary N) is 1. The van der Waals surface area contributed by atoms with Gasteiger partial charge in [-0.3, -0.25) is 0 Å². The first kappa shape index (κ1) is 16.4. The second kappa shape index (κ2) is 6.60. The number of nitrogens with zero attached hydrogens (tertiary/aromatic N) is 5. The number of benzene rings is 1. The Morgan fingerprint density at radius 2 is 1.83 bits per heavy atom. The lowest BCUT2D eigenvalue weighted by atomic mass is 10.1. The molecule has 0 saturated heterocycles. The van der Waals surface area contributed by atoms with Crippen molar-refractivity contribution in [3.05, 3.63) is 41.7 Å². The third-order valence-corrected chi connectivity index (χ3v) is 4.63. The number of anilines is 2. The Hall–Kier alpha value is -2.41. The first-order valence-electron chi connectivity index (χ1n) is 7.66. The summed E-state index contributed by atoms with van der Waals surface area (Å²) in [5, 5.41) is 2.14. The van der Waals surface area contributed by atoms with Crippen molar-refractivity contribution in [1.29, 1.82) is 0 Å². The van der Waals surface area contributed by atoms with Gasteiger partial charge < -0.3 is 10.6 Å². The van der Waals surface area contributed by atoms with E-state index in [0.717, 1.165) is 10.5 Å². The van der Waals surface area contributed by atoms with Gasteiger partial charge in [0.25, 0.3) is 0 Å². The number of rotatable bonds is 4. The Kier molecular flexibility index (Phi) is 4.53. The number of nitrogen functional groups attached to an aromatic ring is 1. The van der Waals surface area contributed by atoms with E-state index in [-0.39, 0.29) is 11.2 Å². The number of para-hydroxylation sites is 1. The zero-order valence-electron chi connectivity index (χ0n) is 14.2. The summed E-state index contributed by atoms with van der Waals surface area (Å²) in [5.41, 5.74) is 8.02. The second-order valence-electron chi connectivity index (χ2n) is 5.80. The summed E-state index contributed by atoms with van der Waals surface area (Å²) in [4.78, 5) is 19.4. The molecule has 0 bridgehead atoms. The van der Waals surface area contributed by atoms with Crippen LogP contribution in [0.25, 0.3) is 10.9 Å². The van der Waals surface area contributed by atoms with Crippen LogP contribution in [0.2, 0.25) is 0 Å². The van der Waals surface area contributed by atoms with Gasteiger partial charge in [-0.2, -0.15) is 15.0 Å². The lowest BCUT2D eigenvalue weighted by Crippen LogP contribution is -2.16. The fourth-order valence-electron chi connectivity index (χ4n) is 2.39. The lowest BCUT2D eigenvalue weighted by Gasteiger charge is -2.15. The number of aryl methyl sites for hydroxylation is 1. The number of pyridine rings is 1. The Bertz CT molecular complexity index is 880. The summed E-state index contributed by atoms with van der Waals surface area (Å²) in [6.45, 7) is 4.15. The van der Waals surface area contributed by atoms with E-state index in [1.807, 2.05) is 44.1 Å². The van der Waals surface area contributed by atoms with Gasteiger partial charge in [-0.05, 0) is 31.5 Å². The van der Waals surface area contributed by atoms with Crippen LogP contribution >= 0.6 is 11.8 Å². The number of thioether (sulfide) groups is 1. The van der Waals surface area contributed by atoms with Crippen molar-refractivity contribution in [2.75, 3.05) is 24.7 Å². The molecular weight excluding hydrogens is 320 g/mol. The van der Waals surface area contributed by atoms with E-state index >= 15 is 0 Å². The van der Waals surface area contributed by atoms with Crippen molar-refractivity contribution >= 4 is 34.6 Å². The van der Waals surface area contributed by atoms with Gasteiger partial charge in [-0.15, -0.1) is 0 Å². The molecule has 2 aromatic heterocycles. The maximum Gasteiger partial charge on any atom is 0.229 e. The minimum atomic E-state index is 0.0158. The molecule has 24 heavy (non-hydrogen) atoms. The van der Waals surface area contributed by atoms with Crippen LogP contribution in [-0.4, -0.2) is 34.0 Å². The molecule has 1 unspecified atom stereocenters. The molecule has 0 aliphatic rings. The quantitative estimate of drug-likeness (QED) is 0.730. The van der Waals surface area contributed by atoms with E-state index in [2.05, 4.69) is 34.0 Å². The largest absolute Gasteiger partial charge is 0.368 e. The Labute approximate surface area is 145 Å². The van der Waals surface area contributed by atoms with Gasteiger partial charge in [0, 0.05) is 19.5 Å². The highest BCUT2D eigenvalue weighted by Crippen LogP contribution is 2.34. The molecule has 1 atom stereocenters. The lowest BCUT2D eigenvalue weighted by molar-refractivity contribution is 0.863. The summed E-state index contributed by atoms with van der Waals surface area (Å²) in [7, 11) is 3.76. The molecule has 3 rings (SSSR count). The molecule has 0 aliphatic carbocycles. The van der Waals surface area contributed by atoms with Crippen LogP contribution in [0.4, 0.5) is 11.9 Å². The maximum atomic E-state index is 5.81. The van der Waals surface area contributed by atoms with Crippen molar-refractivity contribution in [1.82, 2.24) is 19.9 Å². The maximum absolute atomic E-state index is 5.81. The van der Waals surface area contributed by atoms with Crippen LogP contribution in [0.15, 0.2) is 35.4 Å². The topological polar surface area (TPSA) is 80.8 Å². The highest BCUT2D eigenvalue weighted by molar-refractivity contribution is 7.99. The molecule has 2 N–H and O–H groups in total. The highest BCUT2D eigenvalue weighted by atomic mass is 32.2. The molecule has 124 valence electrons. The summed E-state index contributed by atoms with van der Waals surface area (Å²) < 4.78 is 0. The van der Waals surface area contributed by atoms with E-state index in [0.29, 0.717) is 11.8 Å². The zero-order valence-corrected chi connectivity index (χ0v) is 15.0. The molecule has 0 amide bonds. The summed E-state index contributed by atoms with van der Waals surface area (Å²) >= 11 is 1.62. The molecule has 0 aliphatic heterocycles. The van der Waals surface area contributed by atoms with Gasteiger partial charge in [0.15, 0.2) is 0 Å². The molecule has 2 heterocycles. The van der Waals surface area contributed by atoms with Crippen molar-refractivity contribution in [2.24, 2.45) is 0 Å². The Morgan fingerprint density at radius 3 is 2.58 bits per heavy atom. The minimum absolute atomic E-state index is 0.0158. The van der Waals surface area contributed by atoms with Crippen LogP contribution < -0.4 is 10.6 Å². The third-order valence-electron chi connectivity index (χ3n) is 3.62. The number of fused-ring (bicyclic) bond motifs is 1. The summed E-state index contributed by atoms with van der Waals surface area (Å²) in [6.07, 6.45) is 0. The van der Waals surface area contributed by atoms with Gasteiger partial charge >= 0.3 is 0 Å². The third kappa shape index (κ3) is 3.41. The molecule has 3 aromatic rings. The summed E-state index contributed by atoms with van der Waals surface area (Å²) in [6, 6.07) is 10.3. The molecular formula is C17H20N6S. The van der Waals surface area contributed by atoms with Gasteiger partial charge in [0.2, 0.25) is 11.9 Å². The Morgan fingerprint density at radius 1 is 1.08 bits per heavy atom. The average Bonchev–Trinajstić information content (AvgIpc) is 2.54. The normalized spacial score (nSPS) is 12.3. The van der Waals surface area contributed by atoms with Gasteiger partial charge in [0.05, 0.1) is 15.8 Å². The summed E-state index contributed by atoms with van der Waals surface area (Å²) in [5.74, 6) is 1.45. The second-order valence-corrected chi connectivity index (χ2v) is 7.16. The molecule has 6 nitrogen and oxygen atoms in total. The van der Waals surface area contributed by atoms with E-state index in [1.165, 1.54) is 10.9 Å². The van der Waals surface area contributed by atoms with E-state index in [4.69, 9.17) is 10.7 Å². The van der Waals surface area contributed by atoms with Crippen molar-refractivity contribution in [2.45, 2.75) is 24.1 Å². The molecule has 0 spiro atoms. The monoisotopic (exact) mass is 340 g/mol. The van der Waals surface area contributed by atoms with E-state index in [9.17, 15) is 0 Å². The predicted molar refractivity (Wildman–Crippen MR) is 99.3 cm³/mol. The van der Waals surface area contributed by atoms with Gasteiger partial charge in [0.1, 0.15) is 5.82 Å². The molecule has 0 radical (unpaired) electrons. The number of hydrogen-bond donors (Lipinski definition) is 1. The molecule has 0 saturated carbocycles. The van der Waals surface area contributed by atoms with Crippen LogP contribution in [0, 0.1) is 6.92 Å². The standard InChI is InChI=1S/C17H20N6S/c1-10-9-14(19-13-8-6-5-7-12(10)13)24-11(2)15-20-16(18)22-17(21-15)23(3)4/h5-9,11H,1-4H3,(H2,18,20,21,22). The predicted octanol–water partition coefficient (Wildman–Crippen LogP) is 3.23. The molecule has 1 aromatic carbocycles. The van der Waals surface area contributed by atoms with Crippen LogP contribution in [-0.2, 0) is 0 Å². The number of aromatic nitrogens is 4. The van der Waals surface area contributed by atoms with Crippen LogP contribution in [0.5, 0.6) is 0 Å². The van der Waals surface area contributed by atoms with Crippen molar-refractivity contribution in [3.63, 3.8) is 0 Å². The first-order chi connectivity index (χ1) is 11.4. The highest BCUT2D eigenvalue weighted by Gasteiger charge is 2.16.